The van der Waals surface area contributed by atoms with Gasteiger partial charge in [-0.3, -0.25) is 28.7 Å². The van der Waals surface area contributed by atoms with Gasteiger partial charge in [-0.1, -0.05) is 68.8 Å². The Labute approximate surface area is 452 Å². The average Bonchev–Trinajstić information content (AvgIpc) is 4.14. The molecular formula is C54H70ClN9O9S2. The van der Waals surface area contributed by atoms with Gasteiger partial charge >= 0.3 is 0 Å². The topological polar surface area (TPSA) is 212 Å². The van der Waals surface area contributed by atoms with Gasteiger partial charge in [-0.25, -0.2) is 4.98 Å². The highest BCUT2D eigenvalue weighted by Gasteiger charge is 2.46. The van der Waals surface area contributed by atoms with E-state index in [1.807, 2.05) is 107 Å². The number of amides is 4. The second-order valence-corrected chi connectivity index (χ2v) is 22.6. The quantitative estimate of drug-likeness (QED) is 0.0549. The minimum Gasteiger partial charge on any atom is -0.391 e. The number of aliphatic hydroxyl groups is 1. The maximum Gasteiger partial charge on any atom is 0.246 e. The fourth-order valence-electron chi connectivity index (χ4n) is 9.02. The molecule has 7 rings (SSSR count). The third kappa shape index (κ3) is 14.5. The van der Waals surface area contributed by atoms with E-state index in [0.717, 1.165) is 54.9 Å². The van der Waals surface area contributed by atoms with E-state index in [4.69, 9.17) is 35.5 Å². The number of carbonyl (C=O) groups is 4. The van der Waals surface area contributed by atoms with Gasteiger partial charge < -0.3 is 44.5 Å². The molecule has 4 amide bonds. The van der Waals surface area contributed by atoms with Gasteiger partial charge in [-0.15, -0.1) is 32.9 Å². The lowest BCUT2D eigenvalue weighted by molar-refractivity contribution is -0.149. The highest BCUT2D eigenvalue weighted by Crippen LogP contribution is 2.40. The summed E-state index contributed by atoms with van der Waals surface area (Å²) in [6.45, 7) is 19.6. The number of β-amino-alcohol motifs (C(OH)–C–C–N with tert-alkyl or cyclic N) is 1. The van der Waals surface area contributed by atoms with Gasteiger partial charge in [0.1, 0.15) is 35.6 Å². The summed E-state index contributed by atoms with van der Waals surface area (Å²) in [4.78, 5) is 69.8. The fourth-order valence-corrected chi connectivity index (χ4v) is 11.2. The molecule has 3 aromatic heterocycles. The first-order chi connectivity index (χ1) is 35.8. The van der Waals surface area contributed by atoms with Crippen molar-refractivity contribution in [3.63, 3.8) is 0 Å². The van der Waals surface area contributed by atoms with E-state index in [0.29, 0.717) is 57.0 Å². The molecule has 21 heteroatoms. The fraction of sp³-hybridized carbons (Fsp3) is 0.519. The number of aromatic nitrogens is 4. The minimum absolute atomic E-state index is 0.0210. The predicted octanol–water partition coefficient (Wildman–Crippen LogP) is 6.73. The predicted molar refractivity (Wildman–Crippen MR) is 290 cm³/mol. The zero-order valence-corrected chi connectivity index (χ0v) is 46.7. The summed E-state index contributed by atoms with van der Waals surface area (Å²) in [6, 6.07) is 13.0. The Morgan fingerprint density at radius 1 is 0.867 bits per heavy atom. The first kappa shape index (κ1) is 57.3. The zero-order chi connectivity index (χ0) is 54.0. The number of carbonyl (C=O) groups excluding carboxylic acids is 4. The van der Waals surface area contributed by atoms with Crippen LogP contribution in [0.1, 0.15) is 98.0 Å². The second kappa shape index (κ2) is 26.1. The van der Waals surface area contributed by atoms with Crippen LogP contribution >= 0.6 is 34.3 Å². The molecule has 2 aromatic carbocycles. The monoisotopic (exact) mass is 1090 g/mol. The van der Waals surface area contributed by atoms with Crippen LogP contribution in [0, 0.1) is 33.1 Å². The molecule has 2 aliphatic rings. The van der Waals surface area contributed by atoms with E-state index < -0.39 is 41.5 Å². The lowest BCUT2D eigenvalue weighted by Crippen LogP contribution is -2.58. The number of fused-ring (bicyclic) bond motifs is 3. The molecule has 0 radical (unpaired) electrons. The summed E-state index contributed by atoms with van der Waals surface area (Å²) in [7, 11) is 0. The van der Waals surface area contributed by atoms with Gasteiger partial charge in [0.2, 0.25) is 23.6 Å². The number of halogens is 1. The molecule has 0 spiro atoms. The Hall–Kier alpha value is -5.45. The molecule has 1 fully saturated rings. The number of aliphatic imine (C=N–C) groups is 1. The maximum atomic E-state index is 14.2. The molecule has 1 saturated heterocycles. The maximum absolute atomic E-state index is 14.2. The summed E-state index contributed by atoms with van der Waals surface area (Å²) >= 11 is 9.47. The number of ether oxygens (including phenoxy) is 4. The van der Waals surface area contributed by atoms with E-state index in [9.17, 15) is 24.3 Å². The number of thiazole rings is 1. The molecule has 404 valence electrons. The van der Waals surface area contributed by atoms with Crippen molar-refractivity contribution in [2.75, 3.05) is 65.9 Å². The van der Waals surface area contributed by atoms with Crippen LogP contribution < -0.4 is 10.6 Å². The molecule has 2 aliphatic heterocycles. The number of likely N-dealkylation sites (tertiary alicyclic amines) is 1. The lowest BCUT2D eigenvalue weighted by atomic mass is 9.85. The normalized spacial score (nSPS) is 16.8. The van der Waals surface area contributed by atoms with Gasteiger partial charge in [-0.05, 0) is 75.8 Å². The van der Waals surface area contributed by atoms with Gasteiger partial charge in [0.25, 0.3) is 0 Å². The van der Waals surface area contributed by atoms with E-state index in [-0.39, 0.29) is 57.1 Å². The van der Waals surface area contributed by atoms with Crippen molar-refractivity contribution < 1.29 is 43.2 Å². The Morgan fingerprint density at radius 2 is 1.51 bits per heavy atom. The molecule has 3 N–H and O–H groups in total. The van der Waals surface area contributed by atoms with Gasteiger partial charge in [0.05, 0.1) is 80.6 Å². The van der Waals surface area contributed by atoms with Crippen LogP contribution in [-0.2, 0) is 44.7 Å². The zero-order valence-electron chi connectivity index (χ0n) is 44.3. The van der Waals surface area contributed by atoms with Crippen LogP contribution in [-0.4, -0.2) is 154 Å². The van der Waals surface area contributed by atoms with E-state index >= 15 is 0 Å². The SMILES string of the molecule is Cc1ncsc1-c1ccc(CN(C(=O)[C@@H]2C[C@@H](O)CN2C(=O)[C@@H](NC(=O)COCCOCCOCCOCCNC(=O)C[C@@H]2N=C(c3ccc(Cl)cc3)c3c(sc(C)c3C)-n3c(C)nnc32)C(C)(C)C)C(C)C)cc1. The average molecular weight is 1090 g/mol. The Bertz CT molecular complexity index is 2790. The van der Waals surface area contributed by atoms with Crippen LogP contribution in [0.15, 0.2) is 59.0 Å². The number of nitrogens with one attached hydrogen (secondary N) is 2. The first-order valence-electron chi connectivity index (χ1n) is 25.3. The first-order valence-corrected chi connectivity index (χ1v) is 27.4. The van der Waals surface area contributed by atoms with Crippen molar-refractivity contribution in [2.45, 2.75) is 112 Å². The minimum atomic E-state index is -0.985. The smallest absolute Gasteiger partial charge is 0.246 e. The Balaban J connectivity index is 0.774. The van der Waals surface area contributed by atoms with E-state index in [1.54, 1.807) is 27.6 Å². The van der Waals surface area contributed by atoms with Crippen LogP contribution in [0.5, 0.6) is 0 Å². The standard InChI is InChI=1S/C54H70ClN9O9S2/c1-32(2)62(28-37-10-12-39(13-11-37)48-34(4)57-31-74-48)51(68)43-26-41(65)29-63(43)52(69)49(54(7,8)9)59-45(67)30-73-25-24-72-23-22-71-21-20-70-19-18-56-44(66)27-42-50-61-60-36(6)64(50)53-46(33(3)35(5)75-53)47(58-42)38-14-16-40(55)17-15-38/h10-17,31-32,41-43,49,65H,18-30H2,1-9H3,(H,56,66)(H,59,67)/t41-,42+,43+,49-/m1/s1. The number of nitrogens with zero attached hydrogens (tertiary/aromatic N) is 7. The summed E-state index contributed by atoms with van der Waals surface area (Å²) < 4.78 is 24.5. The third-order valence-electron chi connectivity index (χ3n) is 13.1. The summed E-state index contributed by atoms with van der Waals surface area (Å²) in [5, 5.41) is 27.0. The largest absolute Gasteiger partial charge is 0.391 e. The van der Waals surface area contributed by atoms with Crippen molar-refractivity contribution in [2.24, 2.45) is 10.4 Å². The lowest BCUT2D eigenvalue weighted by Gasteiger charge is -2.37. The van der Waals surface area contributed by atoms with Gasteiger partial charge in [-0.2, -0.15) is 0 Å². The number of hydrogen-bond donors (Lipinski definition) is 3. The molecule has 0 bridgehead atoms. The highest BCUT2D eigenvalue weighted by atomic mass is 35.5. The van der Waals surface area contributed by atoms with Gasteiger partial charge in [0.15, 0.2) is 5.82 Å². The number of aliphatic hydroxyl groups excluding tert-OH is 1. The molecule has 0 aliphatic carbocycles. The van der Waals surface area contributed by atoms with Crippen molar-refractivity contribution in [1.29, 1.82) is 0 Å². The number of hydrogen-bond acceptors (Lipinski definition) is 15. The molecule has 0 saturated carbocycles. The van der Waals surface area contributed by atoms with E-state index in [2.05, 4.69) is 39.7 Å². The number of thiophene rings is 1. The van der Waals surface area contributed by atoms with Crippen molar-refractivity contribution in [3.05, 3.63) is 104 Å². The Kier molecular flexibility index (Phi) is 19.9. The summed E-state index contributed by atoms with van der Waals surface area (Å²) in [5.74, 6) is -0.0474. The molecule has 75 heavy (non-hydrogen) atoms. The number of benzene rings is 2. The molecule has 0 unspecified atom stereocenters. The summed E-state index contributed by atoms with van der Waals surface area (Å²) in [6.07, 6.45) is -0.715. The molecule has 4 atom stereocenters. The van der Waals surface area contributed by atoms with Gasteiger partial charge in [0, 0.05) is 53.1 Å². The number of rotatable bonds is 24. The molecule has 5 heterocycles. The third-order valence-corrected chi connectivity index (χ3v) is 15.6. The summed E-state index contributed by atoms with van der Waals surface area (Å²) in [5.41, 5.74) is 7.86. The van der Waals surface area contributed by atoms with Crippen molar-refractivity contribution in [1.82, 2.24) is 40.2 Å². The van der Waals surface area contributed by atoms with Crippen LogP contribution in [0.4, 0.5) is 0 Å². The second-order valence-electron chi connectivity index (χ2n) is 20.1. The molecule has 18 nitrogen and oxygen atoms in total. The molecule has 5 aromatic rings. The number of aryl methyl sites for hydroxylation is 3. The Morgan fingerprint density at radius 3 is 2.13 bits per heavy atom. The van der Waals surface area contributed by atoms with Crippen LogP contribution in [0.25, 0.3) is 15.4 Å². The molecular weight excluding hydrogens is 1020 g/mol. The van der Waals surface area contributed by atoms with Crippen LogP contribution in [0.2, 0.25) is 5.02 Å². The van der Waals surface area contributed by atoms with E-state index in [1.165, 1.54) is 9.78 Å². The van der Waals surface area contributed by atoms with Crippen molar-refractivity contribution >= 4 is 63.6 Å². The highest BCUT2D eigenvalue weighted by molar-refractivity contribution is 7.15. The van der Waals surface area contributed by atoms with Crippen molar-refractivity contribution in [3.8, 4) is 15.4 Å². The van der Waals surface area contributed by atoms with Crippen LogP contribution in [0.3, 0.4) is 0 Å².